The number of amides is 1. The Morgan fingerprint density at radius 3 is 2.42 bits per heavy atom. The van der Waals surface area contributed by atoms with Crippen molar-refractivity contribution in [2.45, 2.75) is 52.6 Å². The van der Waals surface area contributed by atoms with Crippen molar-refractivity contribution in [3.8, 4) is 0 Å². The van der Waals surface area contributed by atoms with Crippen molar-refractivity contribution in [2.75, 3.05) is 0 Å². The number of halogens is 1. The van der Waals surface area contributed by atoms with Crippen molar-refractivity contribution >= 4 is 28.7 Å². The van der Waals surface area contributed by atoms with Crippen molar-refractivity contribution in [2.24, 2.45) is 20.0 Å². The summed E-state index contributed by atoms with van der Waals surface area (Å²) in [5, 5.41) is 2.92. The number of rotatable bonds is 7. The quantitative estimate of drug-likeness (QED) is 0.732. The molecule has 1 atom stereocenters. The molecule has 0 bridgehead atoms. The van der Waals surface area contributed by atoms with E-state index in [0.29, 0.717) is 5.92 Å². The maximum atomic E-state index is 12.4. The number of nitrogens with one attached hydrogen (secondary N) is 1. The fraction of sp³-hybridized carbons (Fsp3) is 0.647. The fourth-order valence-corrected chi connectivity index (χ4v) is 3.16. The first-order chi connectivity index (χ1) is 12.1. The first-order valence-corrected chi connectivity index (χ1v) is 9.12. The third-order valence-electron chi connectivity index (χ3n) is 4.43. The lowest BCUT2D eigenvalue weighted by atomic mass is 10.0. The van der Waals surface area contributed by atoms with Gasteiger partial charge in [-0.05, 0) is 30.9 Å². The molecule has 26 heavy (non-hydrogen) atoms. The van der Waals surface area contributed by atoms with Crippen molar-refractivity contribution in [3.63, 3.8) is 0 Å². The molecule has 144 valence electrons. The van der Waals surface area contributed by atoms with Crippen LogP contribution in [0.4, 0.5) is 0 Å². The molecule has 0 aromatic carbocycles. The monoisotopic (exact) mass is 383 g/mol. The lowest BCUT2D eigenvalue weighted by Gasteiger charge is -2.15. The van der Waals surface area contributed by atoms with E-state index in [9.17, 15) is 14.4 Å². The molecule has 9 heteroatoms. The van der Waals surface area contributed by atoms with E-state index in [4.69, 9.17) is 11.6 Å². The van der Waals surface area contributed by atoms with Crippen LogP contribution in [0.1, 0.15) is 40.0 Å². The normalized spacial score (nSPS) is 12.7. The fourth-order valence-electron chi connectivity index (χ4n) is 2.93. The average Bonchev–Trinajstić information content (AvgIpc) is 2.87. The molecule has 2 heterocycles. The van der Waals surface area contributed by atoms with Gasteiger partial charge >= 0.3 is 5.69 Å². The van der Waals surface area contributed by atoms with Crippen LogP contribution in [0.5, 0.6) is 0 Å². The Kier molecular flexibility index (Phi) is 6.28. The van der Waals surface area contributed by atoms with E-state index < -0.39 is 11.2 Å². The summed E-state index contributed by atoms with van der Waals surface area (Å²) >= 11 is 6.12. The smallest absolute Gasteiger partial charge is 0.332 e. The minimum absolute atomic E-state index is 0.000843. The van der Waals surface area contributed by atoms with Crippen molar-refractivity contribution in [3.05, 3.63) is 26.1 Å². The molecule has 0 aliphatic carbocycles. The van der Waals surface area contributed by atoms with Crippen LogP contribution in [-0.2, 0) is 25.4 Å². The summed E-state index contributed by atoms with van der Waals surface area (Å²) in [5.41, 5.74) is -0.713. The maximum Gasteiger partial charge on any atom is 0.332 e. The summed E-state index contributed by atoms with van der Waals surface area (Å²) in [5.74, 6) is 0.385. The highest BCUT2D eigenvalue weighted by Gasteiger charge is 2.20. The molecule has 2 aromatic rings. The van der Waals surface area contributed by atoms with Gasteiger partial charge in [-0.25, -0.2) is 4.79 Å². The molecular weight excluding hydrogens is 358 g/mol. The van der Waals surface area contributed by atoms with Gasteiger partial charge in [-0.1, -0.05) is 26.7 Å². The second-order valence-electron chi connectivity index (χ2n) is 7.14. The Hall–Kier alpha value is -2.09. The molecule has 0 spiro atoms. The number of nitrogens with zero attached hydrogens (tertiary/aromatic N) is 4. The molecule has 2 rings (SSSR count). The Morgan fingerprint density at radius 1 is 1.15 bits per heavy atom. The summed E-state index contributed by atoms with van der Waals surface area (Å²) in [6.45, 7) is 6.17. The number of aromatic nitrogens is 4. The van der Waals surface area contributed by atoms with Crippen LogP contribution in [0, 0.1) is 5.92 Å². The van der Waals surface area contributed by atoms with Gasteiger partial charge in [0.05, 0.1) is 0 Å². The van der Waals surface area contributed by atoms with Gasteiger partial charge in [-0.2, -0.15) is 4.98 Å². The van der Waals surface area contributed by atoms with Crippen LogP contribution in [0.3, 0.4) is 0 Å². The summed E-state index contributed by atoms with van der Waals surface area (Å²) in [6, 6.07) is 0.0296. The van der Waals surface area contributed by atoms with Gasteiger partial charge < -0.3 is 5.32 Å². The molecular formula is C17H26ClN5O3. The van der Waals surface area contributed by atoms with E-state index in [1.165, 1.54) is 23.2 Å². The highest BCUT2D eigenvalue weighted by molar-refractivity contribution is 6.29. The van der Waals surface area contributed by atoms with Crippen molar-refractivity contribution in [1.82, 2.24) is 24.0 Å². The zero-order valence-electron chi connectivity index (χ0n) is 15.9. The molecule has 1 N–H and O–H groups in total. The topological polar surface area (TPSA) is 90.9 Å². The standard InChI is InChI=1S/C17H26ClN5O3/c1-10(2)7-6-8-11(3)19-12(24)9-23-13-14(20-16(23)18)21(4)17(26)22(5)15(13)25/h10-11H,6-9H2,1-5H3,(H,19,24)/t11-/m0/s1. The molecule has 2 aromatic heterocycles. The Balaban J connectivity index is 2.21. The minimum atomic E-state index is -0.528. The first kappa shape index (κ1) is 20.2. The van der Waals surface area contributed by atoms with Gasteiger partial charge in [0.15, 0.2) is 11.2 Å². The van der Waals surface area contributed by atoms with Gasteiger partial charge in [-0.15, -0.1) is 0 Å². The SMILES string of the molecule is CC(C)CCC[C@H](C)NC(=O)Cn1c(Cl)nc2c1c(=O)n(C)c(=O)n2C. The molecule has 0 radical (unpaired) electrons. The first-order valence-electron chi connectivity index (χ1n) is 8.74. The Labute approximate surface area is 156 Å². The third kappa shape index (κ3) is 4.17. The molecule has 0 aliphatic heterocycles. The number of aryl methyl sites for hydroxylation is 1. The van der Waals surface area contributed by atoms with E-state index in [1.807, 2.05) is 6.92 Å². The number of carbonyl (C=O) groups is 1. The van der Waals surface area contributed by atoms with E-state index in [0.717, 1.165) is 23.8 Å². The number of fused-ring (bicyclic) bond motifs is 1. The molecule has 0 aliphatic rings. The maximum absolute atomic E-state index is 12.4. The summed E-state index contributed by atoms with van der Waals surface area (Å²) in [7, 11) is 2.89. The van der Waals surface area contributed by atoms with E-state index in [-0.39, 0.29) is 34.9 Å². The van der Waals surface area contributed by atoms with E-state index >= 15 is 0 Å². The summed E-state index contributed by atoms with van der Waals surface area (Å²) in [4.78, 5) is 40.9. The number of imidazole rings is 1. The number of hydrogen-bond acceptors (Lipinski definition) is 4. The van der Waals surface area contributed by atoms with Crippen molar-refractivity contribution in [1.29, 1.82) is 0 Å². The lowest BCUT2D eigenvalue weighted by molar-refractivity contribution is -0.122. The summed E-state index contributed by atoms with van der Waals surface area (Å²) < 4.78 is 3.56. The van der Waals surface area contributed by atoms with Crippen LogP contribution < -0.4 is 16.6 Å². The zero-order valence-corrected chi connectivity index (χ0v) is 16.6. The molecule has 0 saturated heterocycles. The van der Waals surface area contributed by atoms with Crippen LogP contribution in [0.2, 0.25) is 5.28 Å². The molecule has 8 nitrogen and oxygen atoms in total. The van der Waals surface area contributed by atoms with Gasteiger partial charge in [0.25, 0.3) is 5.56 Å². The third-order valence-corrected chi connectivity index (χ3v) is 4.72. The van der Waals surface area contributed by atoms with Crippen LogP contribution in [0.25, 0.3) is 11.2 Å². The molecule has 0 saturated carbocycles. The predicted molar refractivity (Wildman–Crippen MR) is 102 cm³/mol. The zero-order chi connectivity index (χ0) is 19.6. The number of hydrogen-bond donors (Lipinski definition) is 1. The highest BCUT2D eigenvalue weighted by atomic mass is 35.5. The molecule has 1 amide bonds. The minimum Gasteiger partial charge on any atom is -0.352 e. The van der Waals surface area contributed by atoms with Crippen molar-refractivity contribution < 1.29 is 4.79 Å². The number of carbonyl (C=O) groups excluding carboxylic acids is 1. The van der Waals surface area contributed by atoms with Crippen LogP contribution in [-0.4, -0.2) is 30.6 Å². The Bertz CT molecular complexity index is 925. The van der Waals surface area contributed by atoms with Gasteiger partial charge in [0.2, 0.25) is 11.2 Å². The average molecular weight is 384 g/mol. The predicted octanol–water partition coefficient (Wildman–Crippen LogP) is 1.42. The van der Waals surface area contributed by atoms with Gasteiger partial charge in [0, 0.05) is 20.1 Å². The van der Waals surface area contributed by atoms with E-state index in [2.05, 4.69) is 24.1 Å². The van der Waals surface area contributed by atoms with E-state index in [1.54, 1.807) is 0 Å². The molecule has 0 unspecified atom stereocenters. The van der Waals surface area contributed by atoms with Crippen LogP contribution in [0.15, 0.2) is 9.59 Å². The second kappa shape index (κ2) is 8.07. The van der Waals surface area contributed by atoms with Gasteiger partial charge in [-0.3, -0.25) is 23.3 Å². The van der Waals surface area contributed by atoms with Gasteiger partial charge in [0.1, 0.15) is 6.54 Å². The molecule has 0 fully saturated rings. The largest absolute Gasteiger partial charge is 0.352 e. The highest BCUT2D eigenvalue weighted by Crippen LogP contribution is 2.15. The Morgan fingerprint density at radius 2 is 1.81 bits per heavy atom. The van der Waals surface area contributed by atoms with Crippen LogP contribution >= 0.6 is 11.6 Å². The summed E-state index contributed by atoms with van der Waals surface area (Å²) in [6.07, 6.45) is 3.04. The lowest BCUT2D eigenvalue weighted by Crippen LogP contribution is -2.39. The second-order valence-corrected chi connectivity index (χ2v) is 7.48.